The summed E-state index contributed by atoms with van der Waals surface area (Å²) in [5.41, 5.74) is -0.203. The van der Waals surface area contributed by atoms with Crippen molar-refractivity contribution in [3.63, 3.8) is 0 Å². The van der Waals surface area contributed by atoms with Gasteiger partial charge >= 0.3 is 5.97 Å². The van der Waals surface area contributed by atoms with Crippen molar-refractivity contribution in [1.82, 2.24) is 9.21 Å². The van der Waals surface area contributed by atoms with Gasteiger partial charge in [0.25, 0.3) is 0 Å². The van der Waals surface area contributed by atoms with E-state index < -0.39 is 31.9 Å². The number of sulfone groups is 1. The smallest absolute Gasteiger partial charge is 0.335 e. The molecule has 0 bridgehead atoms. The number of ether oxygens (including phenoxy) is 1. The molecule has 2 saturated heterocycles. The van der Waals surface area contributed by atoms with Gasteiger partial charge in [0.15, 0.2) is 9.84 Å². The first-order valence-electron chi connectivity index (χ1n) is 9.65. The average molecular weight is 481 g/mol. The highest BCUT2D eigenvalue weighted by Crippen LogP contribution is 2.30. The van der Waals surface area contributed by atoms with Crippen molar-refractivity contribution in [3.8, 4) is 0 Å². The third-order valence-electron chi connectivity index (χ3n) is 5.34. The number of hydrogen-bond donors (Lipinski definition) is 1. The largest absolute Gasteiger partial charge is 0.478 e. The molecule has 1 aromatic rings. The Morgan fingerprint density at radius 3 is 2.60 bits per heavy atom. The number of halogens is 1. The van der Waals surface area contributed by atoms with Gasteiger partial charge in [0, 0.05) is 25.7 Å². The maximum absolute atomic E-state index is 13.4. The van der Waals surface area contributed by atoms with E-state index in [4.69, 9.17) is 16.3 Å². The van der Waals surface area contributed by atoms with Gasteiger partial charge in [-0.15, -0.1) is 0 Å². The van der Waals surface area contributed by atoms with E-state index >= 15 is 0 Å². The molecule has 2 fully saturated rings. The molecule has 0 aromatic heterocycles. The molecule has 1 atom stereocenters. The lowest BCUT2D eigenvalue weighted by molar-refractivity contribution is 0.0367. The van der Waals surface area contributed by atoms with E-state index in [2.05, 4.69) is 4.90 Å². The number of benzene rings is 1. The minimum atomic E-state index is -4.19. The molecule has 2 aliphatic heterocycles. The summed E-state index contributed by atoms with van der Waals surface area (Å²) in [5.74, 6) is -1.60. The van der Waals surface area contributed by atoms with Crippen molar-refractivity contribution in [3.05, 3.63) is 28.8 Å². The van der Waals surface area contributed by atoms with Gasteiger partial charge in [-0.3, -0.25) is 4.90 Å². The Labute approximate surface area is 181 Å². The Hall–Kier alpha value is -1.24. The first kappa shape index (κ1) is 23.4. The third kappa shape index (κ3) is 5.51. The van der Waals surface area contributed by atoms with Gasteiger partial charge in [-0.05, 0) is 37.6 Å². The van der Waals surface area contributed by atoms with Gasteiger partial charge < -0.3 is 9.84 Å². The van der Waals surface area contributed by atoms with Crippen molar-refractivity contribution in [1.29, 1.82) is 0 Å². The molecule has 30 heavy (non-hydrogen) atoms. The maximum atomic E-state index is 13.4. The zero-order valence-electron chi connectivity index (χ0n) is 16.4. The van der Waals surface area contributed by atoms with E-state index in [9.17, 15) is 26.7 Å². The fraction of sp³-hybridized carbons (Fsp3) is 0.611. The summed E-state index contributed by atoms with van der Waals surface area (Å²) < 4.78 is 57.3. The van der Waals surface area contributed by atoms with Crippen molar-refractivity contribution in [2.45, 2.75) is 23.8 Å². The van der Waals surface area contributed by atoms with E-state index in [-0.39, 0.29) is 40.0 Å². The summed E-state index contributed by atoms with van der Waals surface area (Å²) in [5, 5.41) is 9.13. The fourth-order valence-corrected chi connectivity index (χ4v) is 7.76. The summed E-state index contributed by atoms with van der Waals surface area (Å²) in [6, 6.07) is 2.79. The molecule has 2 aliphatic rings. The standard InChI is InChI=1S/C18H25ClN2O7S2/c19-16-3-2-14(18(22)23)12-17(16)30(26,27)21(15-4-11-29(24,25)13-15)6-1-5-20-7-9-28-10-8-20/h2-3,12,15H,1,4-11,13H2,(H,22,23)/t15-/m0/s1. The second-order valence-electron chi connectivity index (χ2n) is 7.43. The molecular weight excluding hydrogens is 456 g/mol. The SMILES string of the molecule is O=C(O)c1ccc(Cl)c(S(=O)(=O)N(CCCN2CCOCC2)[C@H]2CCS(=O)(=O)C2)c1. The molecule has 1 aromatic carbocycles. The molecule has 12 heteroatoms. The van der Waals surface area contributed by atoms with Crippen LogP contribution in [0.1, 0.15) is 23.2 Å². The number of carboxylic acid groups (broad SMARTS) is 1. The molecule has 0 spiro atoms. The van der Waals surface area contributed by atoms with Crippen LogP contribution in [0.4, 0.5) is 0 Å². The van der Waals surface area contributed by atoms with E-state index in [1.807, 2.05) is 0 Å². The van der Waals surface area contributed by atoms with E-state index in [0.717, 1.165) is 19.2 Å². The van der Waals surface area contributed by atoms with Crippen LogP contribution in [0.2, 0.25) is 5.02 Å². The summed E-state index contributed by atoms with van der Waals surface area (Å²) in [7, 11) is -7.51. The summed E-state index contributed by atoms with van der Waals surface area (Å²) >= 11 is 6.11. The van der Waals surface area contributed by atoms with Crippen molar-refractivity contribution in [2.24, 2.45) is 0 Å². The molecule has 2 heterocycles. The number of nitrogens with zero attached hydrogens (tertiary/aromatic N) is 2. The van der Waals surface area contributed by atoms with Crippen LogP contribution < -0.4 is 0 Å². The summed E-state index contributed by atoms with van der Waals surface area (Å²) in [4.78, 5) is 13.1. The molecule has 0 amide bonds. The topological polar surface area (TPSA) is 121 Å². The van der Waals surface area contributed by atoms with Crippen LogP contribution in [0.3, 0.4) is 0 Å². The number of carbonyl (C=O) groups is 1. The minimum Gasteiger partial charge on any atom is -0.478 e. The van der Waals surface area contributed by atoms with Crippen LogP contribution in [-0.4, -0.2) is 94.1 Å². The Bertz CT molecular complexity index is 992. The van der Waals surface area contributed by atoms with Crippen LogP contribution in [0.5, 0.6) is 0 Å². The highest BCUT2D eigenvalue weighted by molar-refractivity contribution is 7.92. The molecule has 9 nitrogen and oxygen atoms in total. The van der Waals surface area contributed by atoms with Gasteiger partial charge in [-0.1, -0.05) is 11.6 Å². The molecular formula is C18H25ClN2O7S2. The first-order valence-corrected chi connectivity index (χ1v) is 13.3. The summed E-state index contributed by atoms with van der Waals surface area (Å²) in [6.45, 7) is 3.54. The number of morpholine rings is 1. The number of carboxylic acids is 1. The van der Waals surface area contributed by atoms with Gasteiger partial charge in [0.2, 0.25) is 10.0 Å². The highest BCUT2D eigenvalue weighted by Gasteiger charge is 2.39. The molecule has 0 saturated carbocycles. The lowest BCUT2D eigenvalue weighted by Crippen LogP contribution is -2.43. The minimum absolute atomic E-state index is 0.0734. The van der Waals surface area contributed by atoms with Crippen molar-refractivity contribution < 1.29 is 31.5 Å². The lowest BCUT2D eigenvalue weighted by atomic mass is 10.2. The number of sulfonamides is 1. The molecule has 3 rings (SSSR count). The molecule has 0 aliphatic carbocycles. The molecule has 168 valence electrons. The quantitative estimate of drug-likeness (QED) is 0.583. The maximum Gasteiger partial charge on any atom is 0.335 e. The second-order valence-corrected chi connectivity index (χ2v) is 11.9. The van der Waals surface area contributed by atoms with Gasteiger partial charge in [-0.25, -0.2) is 21.6 Å². The number of rotatable bonds is 8. The first-order chi connectivity index (χ1) is 14.1. The Morgan fingerprint density at radius 1 is 1.30 bits per heavy atom. The van der Waals surface area contributed by atoms with E-state index in [0.29, 0.717) is 26.2 Å². The Balaban J connectivity index is 1.86. The molecule has 0 radical (unpaired) electrons. The van der Waals surface area contributed by atoms with Crippen LogP contribution in [-0.2, 0) is 24.6 Å². The van der Waals surface area contributed by atoms with Crippen LogP contribution in [0, 0.1) is 0 Å². The van der Waals surface area contributed by atoms with Gasteiger partial charge in [0.1, 0.15) is 4.90 Å². The normalized spacial score (nSPS) is 22.4. The molecule has 0 unspecified atom stereocenters. The Kier molecular flexibility index (Phi) is 7.41. The van der Waals surface area contributed by atoms with E-state index in [1.54, 1.807) is 0 Å². The van der Waals surface area contributed by atoms with Crippen LogP contribution in [0.25, 0.3) is 0 Å². The third-order valence-corrected chi connectivity index (χ3v) is 9.52. The van der Waals surface area contributed by atoms with Gasteiger partial charge in [0.05, 0.1) is 35.3 Å². The monoisotopic (exact) mass is 480 g/mol. The fourth-order valence-electron chi connectivity index (χ4n) is 3.74. The Morgan fingerprint density at radius 2 is 2.00 bits per heavy atom. The zero-order chi connectivity index (χ0) is 21.9. The van der Waals surface area contributed by atoms with Crippen LogP contribution >= 0.6 is 11.6 Å². The number of hydrogen-bond acceptors (Lipinski definition) is 7. The number of aromatic carboxylic acids is 1. The second kappa shape index (κ2) is 9.49. The average Bonchev–Trinajstić information content (AvgIpc) is 3.05. The molecule has 1 N–H and O–H groups in total. The van der Waals surface area contributed by atoms with Crippen LogP contribution in [0.15, 0.2) is 23.1 Å². The van der Waals surface area contributed by atoms with Gasteiger partial charge in [-0.2, -0.15) is 4.31 Å². The predicted molar refractivity (Wildman–Crippen MR) is 111 cm³/mol. The highest BCUT2D eigenvalue weighted by atomic mass is 35.5. The zero-order valence-corrected chi connectivity index (χ0v) is 18.8. The predicted octanol–water partition coefficient (Wildman–Crippen LogP) is 0.938. The van der Waals surface area contributed by atoms with E-state index in [1.165, 1.54) is 16.4 Å². The van der Waals surface area contributed by atoms with Crippen molar-refractivity contribution in [2.75, 3.05) is 50.9 Å². The lowest BCUT2D eigenvalue weighted by Gasteiger charge is -2.30. The summed E-state index contributed by atoms with van der Waals surface area (Å²) in [6.07, 6.45) is 0.710. The van der Waals surface area contributed by atoms with Crippen molar-refractivity contribution >= 4 is 37.4 Å².